The molecule has 2 aromatic rings. The van der Waals surface area contributed by atoms with Gasteiger partial charge in [-0.3, -0.25) is 0 Å². The highest BCUT2D eigenvalue weighted by molar-refractivity contribution is 7.91. The summed E-state index contributed by atoms with van der Waals surface area (Å²) in [5.41, 5.74) is 1.42. The van der Waals surface area contributed by atoms with Crippen molar-refractivity contribution in [3.8, 4) is 0 Å². The van der Waals surface area contributed by atoms with E-state index in [0.29, 0.717) is 15.2 Å². The quantitative estimate of drug-likeness (QED) is 0.873. The summed E-state index contributed by atoms with van der Waals surface area (Å²) in [4.78, 5) is 5.35. The van der Waals surface area contributed by atoms with Gasteiger partial charge in [0.1, 0.15) is 0 Å². The highest BCUT2D eigenvalue weighted by Crippen LogP contribution is 2.22. The Hall–Kier alpha value is -1.18. The van der Waals surface area contributed by atoms with Gasteiger partial charge in [0, 0.05) is 19.3 Å². The topological polar surface area (TPSA) is 58.1 Å². The fourth-order valence-corrected chi connectivity index (χ4v) is 3.13. The van der Waals surface area contributed by atoms with Crippen LogP contribution in [0.1, 0.15) is 0 Å². The number of nitrogens with one attached hydrogen (secondary N) is 1. The van der Waals surface area contributed by atoms with Gasteiger partial charge in [-0.05, 0) is 38.4 Å². The number of aromatic nitrogens is 2. The van der Waals surface area contributed by atoms with E-state index in [0.717, 1.165) is 18.6 Å². The molecule has 7 heteroatoms. The van der Waals surface area contributed by atoms with Crippen LogP contribution >= 0.6 is 12.2 Å². The third-order valence-corrected chi connectivity index (χ3v) is 4.40. The molecule has 1 N–H and O–H groups in total. The Morgan fingerprint density at radius 1 is 1.37 bits per heavy atom. The maximum atomic E-state index is 11.8. The van der Waals surface area contributed by atoms with Crippen LogP contribution in [0.5, 0.6) is 0 Å². The first kappa shape index (κ1) is 14.2. The Morgan fingerprint density at radius 3 is 2.63 bits per heavy atom. The SMILES string of the molecule is CN(C)CCn1c(=S)[nH]c2c(S(C)(=O)=O)cccc21. The molecule has 0 radical (unpaired) electrons. The monoisotopic (exact) mass is 299 g/mol. The van der Waals surface area contributed by atoms with Crippen molar-refractivity contribution in [3.05, 3.63) is 23.0 Å². The molecule has 0 saturated carbocycles. The fraction of sp³-hybridized carbons (Fsp3) is 0.417. The van der Waals surface area contributed by atoms with Gasteiger partial charge in [-0.25, -0.2) is 8.42 Å². The number of benzene rings is 1. The Labute approximate surface area is 117 Å². The summed E-state index contributed by atoms with van der Waals surface area (Å²) in [6, 6.07) is 5.22. The van der Waals surface area contributed by atoms with Crippen LogP contribution in [0.3, 0.4) is 0 Å². The molecule has 0 bridgehead atoms. The Kier molecular flexibility index (Phi) is 3.80. The van der Waals surface area contributed by atoms with Crippen LogP contribution in [-0.4, -0.2) is 49.8 Å². The molecular weight excluding hydrogens is 282 g/mol. The molecule has 0 aliphatic heterocycles. The molecule has 0 saturated heterocycles. The van der Waals surface area contributed by atoms with Crippen LogP contribution in [0.15, 0.2) is 23.1 Å². The summed E-state index contributed by atoms with van der Waals surface area (Å²) >= 11 is 5.28. The molecule has 1 aromatic carbocycles. The first-order valence-corrected chi connectivity index (χ1v) is 8.17. The number of rotatable bonds is 4. The second kappa shape index (κ2) is 5.07. The Morgan fingerprint density at radius 2 is 2.05 bits per heavy atom. The maximum Gasteiger partial charge on any atom is 0.178 e. The smallest absolute Gasteiger partial charge is 0.178 e. The summed E-state index contributed by atoms with van der Waals surface area (Å²) in [5.74, 6) is 0. The summed E-state index contributed by atoms with van der Waals surface area (Å²) < 4.78 is 26.0. The number of H-pyrrole nitrogens is 1. The van der Waals surface area contributed by atoms with Crippen molar-refractivity contribution in [2.75, 3.05) is 26.9 Å². The lowest BCUT2D eigenvalue weighted by molar-refractivity contribution is 0.385. The lowest BCUT2D eigenvalue weighted by Crippen LogP contribution is -2.18. The van der Waals surface area contributed by atoms with Crippen molar-refractivity contribution in [1.29, 1.82) is 0 Å². The van der Waals surface area contributed by atoms with Crippen LogP contribution in [-0.2, 0) is 16.4 Å². The molecule has 2 rings (SSSR count). The second-order valence-corrected chi connectivity index (χ2v) is 7.18. The minimum atomic E-state index is -3.27. The van der Waals surface area contributed by atoms with Gasteiger partial charge in [0.15, 0.2) is 14.6 Å². The number of hydrogen-bond acceptors (Lipinski definition) is 4. The van der Waals surface area contributed by atoms with Gasteiger partial charge in [0.25, 0.3) is 0 Å². The number of fused-ring (bicyclic) bond motifs is 1. The molecule has 0 aliphatic rings. The average Bonchev–Trinajstić information content (AvgIpc) is 2.60. The van der Waals surface area contributed by atoms with Gasteiger partial charge in [-0.1, -0.05) is 6.07 Å². The third kappa shape index (κ3) is 2.88. The number of likely N-dealkylation sites (N-methyl/N-ethyl adjacent to an activating group) is 1. The summed E-state index contributed by atoms with van der Waals surface area (Å²) in [6.07, 6.45) is 1.20. The van der Waals surface area contributed by atoms with Gasteiger partial charge in [-0.15, -0.1) is 0 Å². The van der Waals surface area contributed by atoms with Gasteiger partial charge in [0.2, 0.25) is 0 Å². The molecule has 0 aliphatic carbocycles. The van der Waals surface area contributed by atoms with Crippen molar-refractivity contribution in [2.45, 2.75) is 11.4 Å². The molecule has 19 heavy (non-hydrogen) atoms. The highest BCUT2D eigenvalue weighted by Gasteiger charge is 2.15. The third-order valence-electron chi connectivity index (χ3n) is 2.94. The first-order valence-electron chi connectivity index (χ1n) is 5.87. The average molecular weight is 299 g/mol. The molecule has 1 aromatic heterocycles. The van der Waals surface area contributed by atoms with Crippen molar-refractivity contribution in [2.24, 2.45) is 0 Å². The van der Waals surface area contributed by atoms with Crippen LogP contribution < -0.4 is 0 Å². The minimum Gasteiger partial charge on any atom is -0.329 e. The van der Waals surface area contributed by atoms with Crippen LogP contribution in [0, 0.1) is 4.77 Å². The number of nitrogens with zero attached hydrogens (tertiary/aromatic N) is 2. The van der Waals surface area contributed by atoms with E-state index in [1.165, 1.54) is 6.26 Å². The van der Waals surface area contributed by atoms with Crippen LogP contribution in [0.4, 0.5) is 0 Å². The molecule has 0 spiro atoms. The molecule has 1 heterocycles. The minimum absolute atomic E-state index is 0.291. The molecular formula is C12H17N3O2S2. The van der Waals surface area contributed by atoms with Crippen LogP contribution in [0.25, 0.3) is 11.0 Å². The van der Waals surface area contributed by atoms with E-state index in [-0.39, 0.29) is 0 Å². The molecule has 0 fully saturated rings. The Balaban J connectivity index is 2.63. The van der Waals surface area contributed by atoms with Crippen molar-refractivity contribution >= 4 is 33.1 Å². The van der Waals surface area contributed by atoms with E-state index in [4.69, 9.17) is 12.2 Å². The van der Waals surface area contributed by atoms with Gasteiger partial charge in [-0.2, -0.15) is 0 Å². The number of sulfone groups is 1. The van der Waals surface area contributed by atoms with E-state index in [1.54, 1.807) is 12.1 Å². The van der Waals surface area contributed by atoms with Gasteiger partial charge >= 0.3 is 0 Å². The van der Waals surface area contributed by atoms with Gasteiger partial charge < -0.3 is 14.5 Å². The predicted octanol–water partition coefficient (Wildman–Crippen LogP) is 1.66. The number of para-hydroxylation sites is 1. The molecule has 0 atom stereocenters. The van der Waals surface area contributed by atoms with Crippen molar-refractivity contribution in [1.82, 2.24) is 14.5 Å². The van der Waals surface area contributed by atoms with E-state index < -0.39 is 9.84 Å². The molecule has 104 valence electrons. The van der Waals surface area contributed by atoms with Crippen molar-refractivity contribution < 1.29 is 8.42 Å². The molecule has 0 amide bonds. The number of imidazole rings is 1. The maximum absolute atomic E-state index is 11.8. The fourth-order valence-electron chi connectivity index (χ4n) is 1.98. The van der Waals surface area contributed by atoms with Crippen molar-refractivity contribution in [3.63, 3.8) is 0 Å². The zero-order valence-electron chi connectivity index (χ0n) is 11.2. The summed E-state index contributed by atoms with van der Waals surface area (Å²) in [6.45, 7) is 1.56. The van der Waals surface area contributed by atoms with E-state index >= 15 is 0 Å². The van der Waals surface area contributed by atoms with E-state index in [1.807, 2.05) is 24.7 Å². The second-order valence-electron chi connectivity index (χ2n) is 4.81. The largest absolute Gasteiger partial charge is 0.329 e. The van der Waals surface area contributed by atoms with Gasteiger partial charge in [0.05, 0.1) is 15.9 Å². The summed E-state index contributed by atoms with van der Waals surface area (Å²) in [7, 11) is 0.708. The van der Waals surface area contributed by atoms with E-state index in [2.05, 4.69) is 9.88 Å². The predicted molar refractivity (Wildman–Crippen MR) is 78.8 cm³/mol. The molecule has 0 unspecified atom stereocenters. The Bertz CT molecular complexity index is 757. The zero-order chi connectivity index (χ0) is 14.2. The normalized spacial score (nSPS) is 12.4. The number of aromatic amines is 1. The number of hydrogen-bond donors (Lipinski definition) is 1. The highest BCUT2D eigenvalue weighted by atomic mass is 32.2. The first-order chi connectivity index (χ1) is 8.80. The zero-order valence-corrected chi connectivity index (χ0v) is 12.8. The van der Waals surface area contributed by atoms with Crippen LogP contribution in [0.2, 0.25) is 0 Å². The lowest BCUT2D eigenvalue weighted by atomic mass is 10.3. The lowest BCUT2D eigenvalue weighted by Gasteiger charge is -2.10. The van der Waals surface area contributed by atoms with E-state index in [9.17, 15) is 8.42 Å². The standard InChI is InChI=1S/C12H17N3O2S2/c1-14(2)7-8-15-9-5-4-6-10(19(3,16)17)11(9)13-12(15)18/h4-6H,7-8H2,1-3H3,(H,13,18). The summed E-state index contributed by atoms with van der Waals surface area (Å²) in [5, 5.41) is 0. The molecule has 5 nitrogen and oxygen atoms in total.